The third-order valence-corrected chi connectivity index (χ3v) is 7.02. The topological polar surface area (TPSA) is 79.3 Å². The average Bonchev–Trinajstić information content (AvgIpc) is 3.19. The summed E-state index contributed by atoms with van der Waals surface area (Å²) in [7, 11) is 1.57. The van der Waals surface area contributed by atoms with Crippen LogP contribution >= 0.6 is 0 Å². The van der Waals surface area contributed by atoms with Crippen molar-refractivity contribution in [3.8, 4) is 11.5 Å². The van der Waals surface area contributed by atoms with Crippen molar-refractivity contribution < 1.29 is 24.2 Å². The number of carbonyl (C=O) groups is 2. The number of benzene rings is 2. The van der Waals surface area contributed by atoms with Gasteiger partial charge in [-0.25, -0.2) is 0 Å². The van der Waals surface area contributed by atoms with Gasteiger partial charge in [-0.15, -0.1) is 0 Å². The fourth-order valence-corrected chi connectivity index (χ4v) is 4.69. The maximum absolute atomic E-state index is 13.5. The first-order chi connectivity index (χ1) is 18.8. The number of rotatable bonds is 15. The highest BCUT2D eigenvalue weighted by atomic mass is 16.5. The van der Waals surface area contributed by atoms with Crippen LogP contribution in [0.3, 0.4) is 0 Å². The predicted octanol–water partition coefficient (Wildman–Crippen LogP) is 5.83. The molecule has 0 spiro atoms. The monoisotopic (exact) mass is 534 g/mol. The number of carbonyl (C=O) groups excluding carboxylic acids is 2. The van der Waals surface area contributed by atoms with Crippen LogP contribution in [0.25, 0.3) is 6.08 Å². The van der Waals surface area contributed by atoms with Gasteiger partial charge in [-0.2, -0.15) is 0 Å². The van der Waals surface area contributed by atoms with Crippen LogP contribution in [0.15, 0.2) is 65.9 Å². The molecule has 1 N–H and O–H groups in total. The quantitative estimate of drug-likeness (QED) is 0.290. The lowest BCUT2D eigenvalue weighted by Crippen LogP contribution is -2.34. The Hall–Kier alpha value is -3.58. The summed E-state index contributed by atoms with van der Waals surface area (Å²) in [5, 5.41) is 10.9. The van der Waals surface area contributed by atoms with Gasteiger partial charge in [0.1, 0.15) is 0 Å². The molecule has 0 saturated heterocycles. The summed E-state index contributed by atoms with van der Waals surface area (Å²) < 4.78 is 11.6. The zero-order valence-corrected chi connectivity index (χ0v) is 23.9. The molecule has 0 bridgehead atoms. The Kier molecular flexibility index (Phi) is 11.2. The molecule has 0 radical (unpaired) electrons. The summed E-state index contributed by atoms with van der Waals surface area (Å²) in [6.45, 7) is 12.1. The SMILES string of the molecule is CCN(CC)CCCN1C(=O)C(O)=C(C(=O)/C=C/c2ccccc2)C1c1ccc(OCCC(C)C)c(OC)c1. The molecule has 1 unspecified atom stereocenters. The van der Waals surface area contributed by atoms with E-state index in [9.17, 15) is 14.7 Å². The van der Waals surface area contributed by atoms with Crippen molar-refractivity contribution >= 4 is 17.8 Å². The highest BCUT2D eigenvalue weighted by Crippen LogP contribution is 2.41. The van der Waals surface area contributed by atoms with E-state index in [0.29, 0.717) is 42.6 Å². The number of aliphatic hydroxyl groups is 1. The highest BCUT2D eigenvalue weighted by Gasteiger charge is 2.42. The molecule has 7 heteroatoms. The summed E-state index contributed by atoms with van der Waals surface area (Å²) >= 11 is 0. The molecule has 1 amide bonds. The fourth-order valence-electron chi connectivity index (χ4n) is 4.69. The van der Waals surface area contributed by atoms with Gasteiger partial charge in [0.15, 0.2) is 23.0 Å². The van der Waals surface area contributed by atoms with Crippen molar-refractivity contribution in [2.45, 2.75) is 46.6 Å². The summed E-state index contributed by atoms with van der Waals surface area (Å²) in [6, 6.07) is 14.2. The minimum Gasteiger partial charge on any atom is -0.503 e. The Labute approximate surface area is 232 Å². The van der Waals surface area contributed by atoms with E-state index in [1.165, 1.54) is 6.08 Å². The molecular formula is C32H42N2O5. The summed E-state index contributed by atoms with van der Waals surface area (Å²) in [5.41, 5.74) is 1.61. The van der Waals surface area contributed by atoms with Crippen molar-refractivity contribution in [1.29, 1.82) is 0 Å². The summed E-state index contributed by atoms with van der Waals surface area (Å²) in [4.78, 5) is 30.6. The largest absolute Gasteiger partial charge is 0.503 e. The second kappa shape index (κ2) is 14.5. The van der Waals surface area contributed by atoms with E-state index in [2.05, 4.69) is 32.6 Å². The van der Waals surface area contributed by atoms with Crippen molar-refractivity contribution in [3.05, 3.63) is 77.1 Å². The second-order valence-electron chi connectivity index (χ2n) is 10.1. The zero-order valence-electron chi connectivity index (χ0n) is 23.9. The third kappa shape index (κ3) is 7.73. The van der Waals surface area contributed by atoms with Gasteiger partial charge in [0.05, 0.1) is 25.3 Å². The van der Waals surface area contributed by atoms with Gasteiger partial charge >= 0.3 is 0 Å². The smallest absolute Gasteiger partial charge is 0.290 e. The minimum absolute atomic E-state index is 0.0746. The molecule has 1 aliphatic rings. The number of ketones is 1. The first-order valence-electron chi connectivity index (χ1n) is 13.8. The summed E-state index contributed by atoms with van der Waals surface area (Å²) in [5.74, 6) is 0.190. The Balaban J connectivity index is 1.95. The first kappa shape index (κ1) is 30.0. The van der Waals surface area contributed by atoms with E-state index in [1.54, 1.807) is 24.2 Å². The van der Waals surface area contributed by atoms with Gasteiger partial charge in [-0.1, -0.05) is 70.2 Å². The number of allylic oxidation sites excluding steroid dienone is 1. The van der Waals surface area contributed by atoms with Crippen LogP contribution in [0.5, 0.6) is 11.5 Å². The maximum atomic E-state index is 13.5. The van der Waals surface area contributed by atoms with Gasteiger partial charge in [0.25, 0.3) is 5.91 Å². The van der Waals surface area contributed by atoms with Crippen molar-refractivity contribution in [3.63, 3.8) is 0 Å². The Morgan fingerprint density at radius 2 is 1.82 bits per heavy atom. The van der Waals surface area contributed by atoms with Crippen LogP contribution in [-0.2, 0) is 9.59 Å². The molecule has 0 aliphatic carbocycles. The van der Waals surface area contributed by atoms with E-state index < -0.39 is 23.5 Å². The van der Waals surface area contributed by atoms with E-state index >= 15 is 0 Å². The number of ether oxygens (including phenoxy) is 2. The van der Waals surface area contributed by atoms with Crippen LogP contribution in [0.4, 0.5) is 0 Å². The first-order valence-corrected chi connectivity index (χ1v) is 13.8. The molecule has 1 heterocycles. The van der Waals surface area contributed by atoms with Crippen LogP contribution in [-0.4, -0.2) is 66.5 Å². The number of hydrogen-bond acceptors (Lipinski definition) is 6. The number of hydrogen-bond donors (Lipinski definition) is 1. The fraction of sp³-hybridized carbons (Fsp3) is 0.438. The lowest BCUT2D eigenvalue weighted by atomic mass is 9.95. The van der Waals surface area contributed by atoms with Crippen LogP contribution in [0.2, 0.25) is 0 Å². The Morgan fingerprint density at radius 3 is 2.46 bits per heavy atom. The minimum atomic E-state index is -0.735. The summed E-state index contributed by atoms with van der Waals surface area (Å²) in [6.07, 6.45) is 4.73. The molecule has 2 aromatic rings. The van der Waals surface area contributed by atoms with E-state index in [1.807, 2.05) is 42.5 Å². The van der Waals surface area contributed by atoms with Crippen molar-refractivity contribution in [2.24, 2.45) is 5.92 Å². The highest BCUT2D eigenvalue weighted by molar-refractivity contribution is 6.14. The predicted molar refractivity (Wildman–Crippen MR) is 155 cm³/mol. The Morgan fingerprint density at radius 1 is 1.10 bits per heavy atom. The van der Waals surface area contributed by atoms with Crippen molar-refractivity contribution in [1.82, 2.24) is 9.80 Å². The molecule has 0 aromatic heterocycles. The normalized spacial score (nSPS) is 15.7. The standard InChI is InChI=1S/C32H42N2O5/c1-6-33(7-2)19-11-20-34-30(25-15-17-27(28(22-25)38-5)39-21-18-23(3)4)29(31(36)32(34)37)26(35)16-14-24-12-9-8-10-13-24/h8-10,12-17,22-23,30,36H,6-7,11,18-21H2,1-5H3/b16-14+. The van der Waals surface area contributed by atoms with Gasteiger partial charge in [-0.3, -0.25) is 9.59 Å². The number of amides is 1. The van der Waals surface area contributed by atoms with E-state index in [4.69, 9.17) is 9.47 Å². The van der Waals surface area contributed by atoms with Crippen LogP contribution in [0.1, 0.15) is 57.7 Å². The van der Waals surface area contributed by atoms with Crippen LogP contribution < -0.4 is 9.47 Å². The van der Waals surface area contributed by atoms with Gasteiger partial charge < -0.3 is 24.4 Å². The molecule has 210 valence electrons. The number of aliphatic hydroxyl groups excluding tert-OH is 1. The molecule has 7 nitrogen and oxygen atoms in total. The molecule has 1 aliphatic heterocycles. The number of methoxy groups -OCH3 is 1. The van der Waals surface area contributed by atoms with E-state index in [0.717, 1.165) is 31.6 Å². The molecular weight excluding hydrogens is 492 g/mol. The van der Waals surface area contributed by atoms with Crippen LogP contribution in [0, 0.1) is 5.92 Å². The van der Waals surface area contributed by atoms with E-state index in [-0.39, 0.29) is 5.57 Å². The molecule has 2 aromatic carbocycles. The lowest BCUT2D eigenvalue weighted by molar-refractivity contribution is -0.129. The number of nitrogens with zero attached hydrogens (tertiary/aromatic N) is 2. The van der Waals surface area contributed by atoms with Gasteiger partial charge in [0.2, 0.25) is 0 Å². The van der Waals surface area contributed by atoms with Gasteiger partial charge in [0, 0.05) is 6.54 Å². The van der Waals surface area contributed by atoms with Crippen molar-refractivity contribution in [2.75, 3.05) is 39.9 Å². The molecule has 0 saturated carbocycles. The molecule has 39 heavy (non-hydrogen) atoms. The molecule has 3 rings (SSSR count). The Bertz CT molecular complexity index is 1170. The molecule has 0 fully saturated rings. The second-order valence-corrected chi connectivity index (χ2v) is 10.1. The van der Waals surface area contributed by atoms with Gasteiger partial charge in [-0.05, 0) is 67.7 Å². The average molecular weight is 535 g/mol. The maximum Gasteiger partial charge on any atom is 0.290 e. The third-order valence-electron chi connectivity index (χ3n) is 7.02. The molecule has 1 atom stereocenters. The lowest BCUT2D eigenvalue weighted by Gasteiger charge is -2.28. The zero-order chi connectivity index (χ0) is 28.4.